The average Bonchev–Trinajstić information content (AvgIpc) is 3.72. The standard InChI is InChI=1S/C28H31FN10O3S2/c1-4-19-25(35(3)26-33-23(21(11-30)43-26)16-5-7-17(29)8-6-16)39-27(32-19)44-28(34-39)37-10-9-36(20(14-37)24(42)31-2)15-22(41)38-12-18(40)13-38/h5-8,18,20,40H,4,9-10,12-15H2,1-3H3,(H,31,42). The zero-order valence-electron chi connectivity index (χ0n) is 24.4. The lowest BCUT2D eigenvalue weighted by Gasteiger charge is -2.42. The lowest BCUT2D eigenvalue weighted by atomic mass is 10.1. The van der Waals surface area contributed by atoms with E-state index in [1.807, 2.05) is 28.7 Å². The molecule has 0 saturated carbocycles. The van der Waals surface area contributed by atoms with Crippen LogP contribution in [0.15, 0.2) is 24.3 Å². The van der Waals surface area contributed by atoms with E-state index in [-0.39, 0.29) is 24.2 Å². The summed E-state index contributed by atoms with van der Waals surface area (Å²) in [6.07, 6.45) is 0.165. The van der Waals surface area contributed by atoms with E-state index in [4.69, 9.17) is 15.1 Å². The molecule has 2 saturated heterocycles. The second kappa shape index (κ2) is 12.1. The van der Waals surface area contributed by atoms with Gasteiger partial charge in [-0.25, -0.2) is 14.4 Å². The van der Waals surface area contributed by atoms with Crippen molar-refractivity contribution in [1.29, 1.82) is 5.26 Å². The predicted molar refractivity (Wildman–Crippen MR) is 165 cm³/mol. The van der Waals surface area contributed by atoms with E-state index in [1.54, 1.807) is 28.6 Å². The first kappa shape index (κ1) is 29.9. The van der Waals surface area contributed by atoms with Gasteiger partial charge in [0.25, 0.3) is 0 Å². The molecule has 1 atom stereocenters. The van der Waals surface area contributed by atoms with Crippen molar-refractivity contribution in [1.82, 2.24) is 34.7 Å². The van der Waals surface area contributed by atoms with Crippen molar-refractivity contribution in [3.05, 3.63) is 40.7 Å². The number of fused-ring (bicyclic) bond motifs is 1. The normalized spacial score (nSPS) is 17.5. The highest BCUT2D eigenvalue weighted by molar-refractivity contribution is 7.20. The lowest BCUT2D eigenvalue weighted by Crippen LogP contribution is -2.62. The number of anilines is 3. The number of nitriles is 1. The van der Waals surface area contributed by atoms with Crippen LogP contribution in [0.2, 0.25) is 0 Å². The van der Waals surface area contributed by atoms with E-state index in [2.05, 4.69) is 11.4 Å². The molecule has 2 aliphatic heterocycles. The number of aliphatic hydroxyl groups excluding tert-OH is 1. The van der Waals surface area contributed by atoms with Gasteiger partial charge in [0.1, 0.15) is 28.5 Å². The topological polar surface area (TPSA) is 146 Å². The smallest absolute Gasteiger partial charge is 0.238 e. The van der Waals surface area contributed by atoms with Crippen molar-refractivity contribution < 1.29 is 19.1 Å². The molecule has 1 aromatic carbocycles. The van der Waals surface area contributed by atoms with Gasteiger partial charge >= 0.3 is 0 Å². The number of nitrogens with zero attached hydrogens (tertiary/aromatic N) is 9. The molecule has 0 radical (unpaired) electrons. The first-order valence-electron chi connectivity index (χ1n) is 14.2. The molecule has 2 fully saturated rings. The third kappa shape index (κ3) is 5.47. The van der Waals surface area contributed by atoms with E-state index in [1.165, 1.54) is 34.8 Å². The zero-order valence-corrected chi connectivity index (χ0v) is 26.0. The van der Waals surface area contributed by atoms with Gasteiger partial charge in [-0.1, -0.05) is 29.6 Å². The molecule has 44 heavy (non-hydrogen) atoms. The minimum atomic E-state index is -0.557. The molecule has 3 aromatic heterocycles. The number of β-amino-alcohol motifs (C(OH)–C–C–N with tert-alkyl or cyclic N) is 1. The highest BCUT2D eigenvalue weighted by atomic mass is 32.1. The number of amides is 2. The molecule has 2 aliphatic rings. The van der Waals surface area contributed by atoms with Crippen LogP contribution in [0, 0.1) is 17.1 Å². The molecule has 6 rings (SSSR count). The lowest BCUT2D eigenvalue weighted by molar-refractivity contribution is -0.144. The Balaban J connectivity index is 1.26. The number of aromatic nitrogens is 4. The van der Waals surface area contributed by atoms with Crippen molar-refractivity contribution in [2.75, 3.05) is 63.2 Å². The van der Waals surface area contributed by atoms with Gasteiger partial charge in [0.15, 0.2) is 10.9 Å². The second-order valence-corrected chi connectivity index (χ2v) is 12.6. The monoisotopic (exact) mass is 638 g/mol. The zero-order chi connectivity index (χ0) is 31.1. The highest BCUT2D eigenvalue weighted by Crippen LogP contribution is 2.38. The number of likely N-dealkylation sites (tertiary alicyclic amines) is 1. The summed E-state index contributed by atoms with van der Waals surface area (Å²) < 4.78 is 15.3. The third-order valence-electron chi connectivity index (χ3n) is 7.88. The number of carbonyl (C=O) groups is 2. The number of hydrogen-bond donors (Lipinski definition) is 2. The molecular weight excluding hydrogens is 608 g/mol. The molecule has 1 unspecified atom stereocenters. The van der Waals surface area contributed by atoms with Crippen LogP contribution in [0.1, 0.15) is 17.5 Å². The fourth-order valence-corrected chi connectivity index (χ4v) is 7.22. The summed E-state index contributed by atoms with van der Waals surface area (Å²) in [4.78, 5) is 43.6. The van der Waals surface area contributed by atoms with Crippen molar-refractivity contribution in [3.8, 4) is 17.3 Å². The first-order chi connectivity index (χ1) is 21.2. The minimum absolute atomic E-state index is 0.102. The summed E-state index contributed by atoms with van der Waals surface area (Å²) in [5.41, 5.74) is 1.95. The molecule has 0 spiro atoms. The number of imidazole rings is 1. The van der Waals surface area contributed by atoms with Crippen LogP contribution < -0.4 is 15.1 Å². The predicted octanol–water partition coefficient (Wildman–Crippen LogP) is 1.70. The Labute approximate surface area is 260 Å². The number of hydrogen-bond acceptors (Lipinski definition) is 12. The molecule has 5 heterocycles. The number of aliphatic hydroxyl groups is 1. The number of piperazine rings is 1. The number of thiazole rings is 1. The number of carbonyl (C=O) groups excluding carboxylic acids is 2. The molecule has 2 N–H and O–H groups in total. The maximum atomic E-state index is 13.5. The van der Waals surface area contributed by atoms with Crippen molar-refractivity contribution in [3.63, 3.8) is 0 Å². The van der Waals surface area contributed by atoms with Crippen LogP contribution in [0.4, 0.5) is 20.5 Å². The summed E-state index contributed by atoms with van der Waals surface area (Å²) in [5.74, 6) is 0.0692. The molecule has 2 amide bonds. The Hall–Kier alpha value is -4.17. The quantitative estimate of drug-likeness (QED) is 0.292. The molecule has 230 valence electrons. The summed E-state index contributed by atoms with van der Waals surface area (Å²) in [6.45, 7) is 4.15. The molecule has 16 heteroatoms. The first-order valence-corrected chi connectivity index (χ1v) is 15.8. The third-order valence-corrected chi connectivity index (χ3v) is 9.88. The van der Waals surface area contributed by atoms with Gasteiger partial charge in [-0.3, -0.25) is 14.5 Å². The Morgan fingerprint density at radius 3 is 2.59 bits per heavy atom. The van der Waals surface area contributed by atoms with Crippen molar-refractivity contribution >= 4 is 55.5 Å². The van der Waals surface area contributed by atoms with Gasteiger partial charge in [0, 0.05) is 52.4 Å². The molecule has 0 aliphatic carbocycles. The largest absolute Gasteiger partial charge is 0.389 e. The Morgan fingerprint density at radius 1 is 1.18 bits per heavy atom. The van der Waals surface area contributed by atoms with E-state index in [0.717, 1.165) is 11.5 Å². The fourth-order valence-electron chi connectivity index (χ4n) is 5.42. The maximum Gasteiger partial charge on any atom is 0.238 e. The highest BCUT2D eigenvalue weighted by Gasteiger charge is 2.37. The Morgan fingerprint density at radius 2 is 1.93 bits per heavy atom. The number of nitrogens with one attached hydrogen (secondary N) is 1. The Bertz CT molecular complexity index is 1740. The van der Waals surface area contributed by atoms with Crippen LogP contribution in [0.25, 0.3) is 16.2 Å². The van der Waals surface area contributed by atoms with Crippen LogP contribution in [0.3, 0.4) is 0 Å². The summed E-state index contributed by atoms with van der Waals surface area (Å²) in [5, 5.41) is 28.3. The van der Waals surface area contributed by atoms with Crippen molar-refractivity contribution in [2.45, 2.75) is 25.5 Å². The minimum Gasteiger partial charge on any atom is -0.389 e. The summed E-state index contributed by atoms with van der Waals surface area (Å²) in [7, 11) is 3.43. The number of rotatable bonds is 8. The number of likely N-dealkylation sites (N-methyl/N-ethyl adjacent to an activating group) is 1. The summed E-state index contributed by atoms with van der Waals surface area (Å²) in [6, 6.07) is 7.55. The van der Waals surface area contributed by atoms with Gasteiger partial charge in [-0.2, -0.15) is 9.78 Å². The van der Waals surface area contributed by atoms with E-state index in [9.17, 15) is 24.3 Å². The van der Waals surface area contributed by atoms with Gasteiger partial charge in [0.05, 0.1) is 18.3 Å². The van der Waals surface area contributed by atoms with Crippen LogP contribution in [0.5, 0.6) is 0 Å². The van der Waals surface area contributed by atoms with E-state index >= 15 is 0 Å². The van der Waals surface area contributed by atoms with Crippen LogP contribution in [-0.4, -0.2) is 112 Å². The van der Waals surface area contributed by atoms with Gasteiger partial charge in [0.2, 0.25) is 21.9 Å². The van der Waals surface area contributed by atoms with Gasteiger partial charge in [-0.05, 0) is 30.7 Å². The van der Waals surface area contributed by atoms with Crippen molar-refractivity contribution in [2.24, 2.45) is 0 Å². The molecular formula is C28H31FN10O3S2. The molecule has 13 nitrogen and oxygen atoms in total. The van der Waals surface area contributed by atoms with Crippen LogP contribution >= 0.6 is 22.7 Å². The number of halogens is 1. The maximum absolute atomic E-state index is 13.5. The molecule has 4 aromatic rings. The SMILES string of the molecule is CCc1nc2sc(N3CCN(CC(=O)N4CC(O)C4)C(C(=O)NC)C3)nn2c1N(C)c1nc(-c2ccc(F)cc2)c(C#N)s1. The van der Waals surface area contributed by atoms with Gasteiger partial charge in [-0.15, -0.1) is 5.10 Å². The Kier molecular flexibility index (Phi) is 8.20. The number of benzene rings is 1. The van der Waals surface area contributed by atoms with Gasteiger partial charge < -0.3 is 25.1 Å². The van der Waals surface area contributed by atoms with E-state index in [0.29, 0.717) is 70.5 Å². The molecule has 0 bridgehead atoms. The fraction of sp³-hybridized carbons (Fsp3) is 0.429. The summed E-state index contributed by atoms with van der Waals surface area (Å²) >= 11 is 2.65. The average molecular weight is 639 g/mol. The number of aryl methyl sites for hydroxylation is 1. The van der Waals surface area contributed by atoms with Crippen LogP contribution in [-0.2, 0) is 16.0 Å². The van der Waals surface area contributed by atoms with E-state index < -0.39 is 12.1 Å². The second-order valence-electron chi connectivity index (χ2n) is 10.7.